The van der Waals surface area contributed by atoms with Gasteiger partial charge in [0.15, 0.2) is 0 Å². The largest absolute Gasteiger partial charge is 0.418 e. The molecule has 2 aromatic rings. The number of anilines is 1. The van der Waals surface area contributed by atoms with Gasteiger partial charge in [0.05, 0.1) is 17.1 Å². The lowest BCUT2D eigenvalue weighted by molar-refractivity contribution is -0.137. The van der Waals surface area contributed by atoms with Crippen LogP contribution in [0.3, 0.4) is 0 Å². The number of nitroso groups, excluding NO2 is 1. The van der Waals surface area contributed by atoms with E-state index in [1.54, 1.807) is 12.1 Å². The van der Waals surface area contributed by atoms with E-state index in [4.69, 9.17) is 4.18 Å². The molecule has 1 aliphatic carbocycles. The summed E-state index contributed by atoms with van der Waals surface area (Å²) in [4.78, 5) is 10.7. The van der Waals surface area contributed by atoms with Gasteiger partial charge in [0.1, 0.15) is 5.69 Å². The van der Waals surface area contributed by atoms with Crippen LogP contribution in [-0.4, -0.2) is 21.1 Å². The summed E-state index contributed by atoms with van der Waals surface area (Å²) in [6.45, 7) is 1.93. The van der Waals surface area contributed by atoms with Crippen LogP contribution in [-0.2, 0) is 20.5 Å². The molecule has 0 bridgehead atoms. The lowest BCUT2D eigenvalue weighted by atomic mass is 9.86. The van der Waals surface area contributed by atoms with Gasteiger partial charge in [-0.25, -0.2) is 0 Å². The zero-order chi connectivity index (χ0) is 22.6. The number of aryl methyl sites for hydroxylation is 1. The molecule has 0 heterocycles. The highest BCUT2D eigenvalue weighted by atomic mass is 32.2. The monoisotopic (exact) mass is 456 g/mol. The maximum absolute atomic E-state index is 13.1. The van der Waals surface area contributed by atoms with Gasteiger partial charge in [0.25, 0.3) is 10.1 Å². The van der Waals surface area contributed by atoms with Crippen LogP contribution < -0.4 is 5.32 Å². The zero-order valence-electron chi connectivity index (χ0n) is 16.9. The van der Waals surface area contributed by atoms with Crippen LogP contribution in [0.25, 0.3) is 0 Å². The van der Waals surface area contributed by atoms with Crippen molar-refractivity contribution in [2.45, 2.75) is 49.7 Å². The van der Waals surface area contributed by atoms with Crippen LogP contribution in [0.15, 0.2) is 52.5 Å². The number of halogens is 3. The van der Waals surface area contributed by atoms with Gasteiger partial charge in [-0.05, 0) is 74.0 Å². The fourth-order valence-corrected chi connectivity index (χ4v) is 4.58. The summed E-state index contributed by atoms with van der Waals surface area (Å²) in [6.07, 6.45) is -1.98. The normalized spacial score (nSPS) is 19.7. The average molecular weight is 456 g/mol. The third-order valence-corrected chi connectivity index (χ3v) is 6.68. The first-order chi connectivity index (χ1) is 14.6. The van der Waals surface area contributed by atoms with Gasteiger partial charge in [0, 0.05) is 11.7 Å². The van der Waals surface area contributed by atoms with Crippen molar-refractivity contribution < 1.29 is 25.8 Å². The number of benzene rings is 2. The minimum Gasteiger partial charge on any atom is -0.382 e. The van der Waals surface area contributed by atoms with E-state index in [0.29, 0.717) is 25.7 Å². The SMILES string of the molecule is Cc1ccc(S(=O)(=O)OCC2CCC(Nc3ccc(N=O)c(C(F)(F)F)c3)CC2)cc1. The number of nitrogens with zero attached hydrogens (tertiary/aromatic N) is 1. The molecule has 0 aromatic heterocycles. The third-order valence-electron chi connectivity index (χ3n) is 5.39. The molecule has 0 saturated heterocycles. The Morgan fingerprint density at radius 2 is 1.71 bits per heavy atom. The Labute approximate surface area is 178 Å². The highest BCUT2D eigenvalue weighted by molar-refractivity contribution is 7.86. The summed E-state index contributed by atoms with van der Waals surface area (Å²) in [5.74, 6) is 0.0469. The minimum atomic E-state index is -4.67. The van der Waals surface area contributed by atoms with Gasteiger partial charge in [-0.3, -0.25) is 4.18 Å². The van der Waals surface area contributed by atoms with Gasteiger partial charge in [-0.1, -0.05) is 17.7 Å². The molecule has 0 amide bonds. The molecule has 1 saturated carbocycles. The summed E-state index contributed by atoms with van der Waals surface area (Å²) in [7, 11) is -3.82. The van der Waals surface area contributed by atoms with Gasteiger partial charge in [0.2, 0.25) is 0 Å². The summed E-state index contributed by atoms with van der Waals surface area (Å²) >= 11 is 0. The summed E-state index contributed by atoms with van der Waals surface area (Å²) in [6, 6.07) is 9.70. The Morgan fingerprint density at radius 1 is 1.06 bits per heavy atom. The molecule has 6 nitrogen and oxygen atoms in total. The number of rotatable bonds is 7. The van der Waals surface area contributed by atoms with E-state index in [-0.39, 0.29) is 29.1 Å². The topological polar surface area (TPSA) is 84.8 Å². The van der Waals surface area contributed by atoms with E-state index >= 15 is 0 Å². The highest BCUT2D eigenvalue weighted by Gasteiger charge is 2.34. The quantitative estimate of drug-likeness (QED) is 0.421. The van der Waals surface area contributed by atoms with E-state index in [1.165, 1.54) is 18.2 Å². The van der Waals surface area contributed by atoms with E-state index in [0.717, 1.165) is 17.7 Å². The second kappa shape index (κ2) is 9.35. The van der Waals surface area contributed by atoms with Crippen LogP contribution >= 0.6 is 0 Å². The molecule has 1 fully saturated rings. The van der Waals surface area contributed by atoms with Crippen LogP contribution in [0.5, 0.6) is 0 Å². The average Bonchev–Trinajstić information content (AvgIpc) is 2.73. The molecule has 0 aliphatic heterocycles. The first-order valence-corrected chi connectivity index (χ1v) is 11.3. The molecule has 31 heavy (non-hydrogen) atoms. The van der Waals surface area contributed by atoms with Crippen LogP contribution in [0.2, 0.25) is 0 Å². The third kappa shape index (κ3) is 6.04. The lowest BCUT2D eigenvalue weighted by Gasteiger charge is -2.29. The van der Waals surface area contributed by atoms with Gasteiger partial charge >= 0.3 is 6.18 Å². The molecule has 1 aliphatic rings. The van der Waals surface area contributed by atoms with Crippen LogP contribution in [0.1, 0.15) is 36.8 Å². The first-order valence-electron chi connectivity index (χ1n) is 9.86. The molecule has 0 spiro atoms. The van der Waals surface area contributed by atoms with Crippen molar-refractivity contribution in [1.82, 2.24) is 0 Å². The smallest absolute Gasteiger partial charge is 0.382 e. The first kappa shape index (κ1) is 23.2. The van der Waals surface area contributed by atoms with Gasteiger partial charge in [-0.15, -0.1) is 4.91 Å². The zero-order valence-corrected chi connectivity index (χ0v) is 17.7. The van der Waals surface area contributed by atoms with Crippen molar-refractivity contribution in [3.05, 3.63) is 58.5 Å². The van der Waals surface area contributed by atoms with Crippen LogP contribution in [0, 0.1) is 17.7 Å². The van der Waals surface area contributed by atoms with Crippen LogP contribution in [0.4, 0.5) is 24.5 Å². The number of alkyl halides is 3. The molecule has 0 radical (unpaired) electrons. The molecule has 168 valence electrons. The summed E-state index contributed by atoms with van der Waals surface area (Å²) in [5.41, 5.74) is -0.504. The van der Waals surface area contributed by atoms with E-state index in [9.17, 15) is 26.5 Å². The van der Waals surface area contributed by atoms with Crippen molar-refractivity contribution in [3.63, 3.8) is 0 Å². The maximum Gasteiger partial charge on any atom is 0.418 e. The van der Waals surface area contributed by atoms with E-state index in [1.807, 2.05) is 6.92 Å². The Hall–Kier alpha value is -2.46. The molecule has 3 rings (SSSR count). The highest BCUT2D eigenvalue weighted by Crippen LogP contribution is 2.38. The molecule has 1 N–H and O–H groups in total. The van der Waals surface area contributed by atoms with Crippen molar-refractivity contribution >= 4 is 21.5 Å². The Balaban J connectivity index is 1.53. The molecule has 0 unspecified atom stereocenters. The van der Waals surface area contributed by atoms with Crippen molar-refractivity contribution in [2.75, 3.05) is 11.9 Å². The molecular formula is C21H23F3N2O4S. The number of hydrogen-bond acceptors (Lipinski definition) is 6. The minimum absolute atomic E-state index is 0.0469. The van der Waals surface area contributed by atoms with Crippen molar-refractivity contribution in [1.29, 1.82) is 0 Å². The van der Waals surface area contributed by atoms with Gasteiger partial charge < -0.3 is 5.32 Å². The van der Waals surface area contributed by atoms with Crippen molar-refractivity contribution in [2.24, 2.45) is 11.1 Å². The van der Waals surface area contributed by atoms with Crippen molar-refractivity contribution in [3.8, 4) is 0 Å². The lowest BCUT2D eigenvalue weighted by Crippen LogP contribution is -2.28. The number of hydrogen-bond donors (Lipinski definition) is 1. The summed E-state index contributed by atoms with van der Waals surface area (Å²) < 4.78 is 69.1. The predicted octanol–water partition coefficient (Wildman–Crippen LogP) is 5.79. The maximum atomic E-state index is 13.1. The molecule has 0 atom stereocenters. The van der Waals surface area contributed by atoms with E-state index < -0.39 is 27.5 Å². The standard InChI is InChI=1S/C21H23F3N2O4S/c1-14-2-9-18(10-3-14)31(28,29)30-13-15-4-6-16(7-5-15)25-17-8-11-20(26-27)19(12-17)21(22,23)24/h2-3,8-12,15-16,25H,4-7,13H2,1H3. The molecule has 2 aromatic carbocycles. The molecular weight excluding hydrogens is 433 g/mol. The second-order valence-electron chi connectivity index (χ2n) is 7.73. The predicted molar refractivity (Wildman–Crippen MR) is 111 cm³/mol. The number of nitrogens with one attached hydrogen (secondary N) is 1. The van der Waals surface area contributed by atoms with E-state index in [2.05, 4.69) is 10.5 Å². The Morgan fingerprint density at radius 3 is 2.29 bits per heavy atom. The Bertz CT molecular complexity index is 1020. The molecule has 10 heteroatoms. The fraction of sp³-hybridized carbons (Fsp3) is 0.429. The second-order valence-corrected chi connectivity index (χ2v) is 9.35. The van der Waals surface area contributed by atoms with Gasteiger partial charge in [-0.2, -0.15) is 21.6 Å². The fourth-order valence-electron chi connectivity index (χ4n) is 3.60. The Kier molecular flexibility index (Phi) is 7.00. The summed E-state index contributed by atoms with van der Waals surface area (Å²) in [5, 5.41) is 5.51.